The summed E-state index contributed by atoms with van der Waals surface area (Å²) in [5.74, 6) is 2.21. The van der Waals surface area contributed by atoms with Crippen LogP contribution in [0.5, 0.6) is 17.2 Å². The lowest BCUT2D eigenvalue weighted by atomic mass is 9.90. The van der Waals surface area contributed by atoms with E-state index in [9.17, 15) is 4.79 Å². The Morgan fingerprint density at radius 3 is 2.00 bits per heavy atom. The molecule has 1 aliphatic carbocycles. The van der Waals surface area contributed by atoms with Crippen molar-refractivity contribution in [3.8, 4) is 17.2 Å². The Kier molecular flexibility index (Phi) is 6.62. The number of ether oxygens (including phenoxy) is 4. The van der Waals surface area contributed by atoms with Crippen LogP contribution in [-0.2, 0) is 4.74 Å². The Balaban J connectivity index is 2.43. The molecule has 2 rings (SSSR count). The number of methoxy groups -OCH3 is 3. The van der Waals surface area contributed by atoms with Crippen molar-refractivity contribution in [2.45, 2.75) is 58.1 Å². The van der Waals surface area contributed by atoms with Gasteiger partial charge in [0.1, 0.15) is 22.8 Å². The second-order valence-corrected chi connectivity index (χ2v) is 7.61. The molecule has 1 amide bonds. The molecule has 26 heavy (non-hydrogen) atoms. The molecule has 1 N–H and O–H groups in total. The SMILES string of the molecule is COc1cc(OC)c(C(NC(=O)OC(C)(C)C)C2CCCC2)c(OC)c1. The largest absolute Gasteiger partial charge is 0.496 e. The highest BCUT2D eigenvalue weighted by atomic mass is 16.6. The minimum atomic E-state index is -0.557. The monoisotopic (exact) mass is 365 g/mol. The lowest BCUT2D eigenvalue weighted by molar-refractivity contribution is 0.0483. The minimum absolute atomic E-state index is 0.247. The molecule has 0 saturated heterocycles. The zero-order valence-electron chi connectivity index (χ0n) is 16.7. The van der Waals surface area contributed by atoms with Crippen LogP contribution in [0.25, 0.3) is 0 Å². The zero-order valence-corrected chi connectivity index (χ0v) is 16.7. The second kappa shape index (κ2) is 8.52. The predicted octanol–water partition coefficient (Wildman–Crippen LogP) is 4.47. The van der Waals surface area contributed by atoms with Gasteiger partial charge in [0.15, 0.2) is 0 Å². The molecule has 0 spiro atoms. The molecule has 0 aromatic heterocycles. The molecule has 1 atom stereocenters. The van der Waals surface area contributed by atoms with Gasteiger partial charge in [-0.2, -0.15) is 0 Å². The van der Waals surface area contributed by atoms with E-state index in [4.69, 9.17) is 18.9 Å². The third kappa shape index (κ3) is 4.96. The van der Waals surface area contributed by atoms with Crippen LogP contribution < -0.4 is 19.5 Å². The Bertz CT molecular complexity index is 592. The summed E-state index contributed by atoms with van der Waals surface area (Å²) >= 11 is 0. The van der Waals surface area contributed by atoms with Gasteiger partial charge in [0, 0.05) is 12.1 Å². The lowest BCUT2D eigenvalue weighted by Gasteiger charge is -2.29. The number of hydrogen-bond acceptors (Lipinski definition) is 5. The quantitative estimate of drug-likeness (QED) is 0.806. The van der Waals surface area contributed by atoms with Crippen LogP contribution in [0.2, 0.25) is 0 Å². The molecular formula is C20H31NO5. The first-order chi connectivity index (χ1) is 12.3. The first-order valence-electron chi connectivity index (χ1n) is 9.08. The summed E-state index contributed by atoms with van der Waals surface area (Å²) in [6.07, 6.45) is 3.95. The molecule has 0 heterocycles. The standard InChI is InChI=1S/C20H31NO5/c1-20(2,3)26-19(22)21-18(13-9-7-8-10-13)17-15(24-5)11-14(23-4)12-16(17)25-6/h11-13,18H,7-10H2,1-6H3,(H,21,22). The number of alkyl carbamates (subject to hydrolysis) is 1. The molecule has 6 heteroatoms. The predicted molar refractivity (Wildman–Crippen MR) is 100 cm³/mol. The maximum atomic E-state index is 12.5. The Labute approximate surface area is 156 Å². The van der Waals surface area contributed by atoms with E-state index in [1.54, 1.807) is 21.3 Å². The molecule has 1 fully saturated rings. The van der Waals surface area contributed by atoms with E-state index in [0.29, 0.717) is 23.2 Å². The van der Waals surface area contributed by atoms with E-state index in [1.807, 2.05) is 32.9 Å². The molecule has 0 bridgehead atoms. The van der Waals surface area contributed by atoms with Crippen LogP contribution in [0.4, 0.5) is 4.79 Å². The lowest BCUT2D eigenvalue weighted by Crippen LogP contribution is -2.37. The van der Waals surface area contributed by atoms with Crippen molar-refractivity contribution in [2.75, 3.05) is 21.3 Å². The van der Waals surface area contributed by atoms with Crippen molar-refractivity contribution in [1.82, 2.24) is 5.32 Å². The van der Waals surface area contributed by atoms with E-state index < -0.39 is 11.7 Å². The van der Waals surface area contributed by atoms with E-state index in [-0.39, 0.29) is 6.04 Å². The third-order valence-electron chi connectivity index (χ3n) is 4.61. The highest BCUT2D eigenvalue weighted by Gasteiger charge is 2.34. The van der Waals surface area contributed by atoms with Gasteiger partial charge in [0.2, 0.25) is 0 Å². The molecule has 0 radical (unpaired) electrons. The van der Waals surface area contributed by atoms with Gasteiger partial charge in [-0.15, -0.1) is 0 Å². The van der Waals surface area contributed by atoms with Crippen molar-refractivity contribution in [1.29, 1.82) is 0 Å². The summed E-state index contributed by atoms with van der Waals surface area (Å²) in [6, 6.07) is 3.39. The van der Waals surface area contributed by atoms with Crippen molar-refractivity contribution in [3.63, 3.8) is 0 Å². The first kappa shape index (κ1) is 20.2. The summed E-state index contributed by atoms with van der Waals surface area (Å²) in [7, 11) is 4.81. The molecule has 6 nitrogen and oxygen atoms in total. The highest BCUT2D eigenvalue weighted by Crippen LogP contribution is 2.45. The molecule has 1 aliphatic rings. The Morgan fingerprint density at radius 2 is 1.58 bits per heavy atom. The van der Waals surface area contributed by atoms with E-state index >= 15 is 0 Å². The highest BCUT2D eigenvalue weighted by molar-refractivity contribution is 5.69. The van der Waals surface area contributed by atoms with Crippen molar-refractivity contribution >= 4 is 6.09 Å². The topological polar surface area (TPSA) is 66.0 Å². The van der Waals surface area contributed by atoms with Crippen LogP contribution in [0, 0.1) is 5.92 Å². The molecule has 1 saturated carbocycles. The molecule has 1 aromatic carbocycles. The average Bonchev–Trinajstić information content (AvgIpc) is 3.11. The normalized spacial score (nSPS) is 16.1. The van der Waals surface area contributed by atoms with Gasteiger partial charge < -0.3 is 24.3 Å². The van der Waals surface area contributed by atoms with Gasteiger partial charge >= 0.3 is 6.09 Å². The van der Waals surface area contributed by atoms with Gasteiger partial charge in [-0.05, 0) is 39.5 Å². The summed E-state index contributed by atoms with van der Waals surface area (Å²) in [5.41, 5.74) is 0.270. The molecule has 1 aromatic rings. The van der Waals surface area contributed by atoms with E-state index in [2.05, 4.69) is 5.32 Å². The number of carbonyl (C=O) groups excluding carboxylic acids is 1. The Morgan fingerprint density at radius 1 is 1.04 bits per heavy atom. The second-order valence-electron chi connectivity index (χ2n) is 7.61. The fourth-order valence-electron chi connectivity index (χ4n) is 3.49. The van der Waals surface area contributed by atoms with Gasteiger partial charge in [0.05, 0.1) is 32.9 Å². The van der Waals surface area contributed by atoms with Gasteiger partial charge in [-0.1, -0.05) is 12.8 Å². The molecule has 0 aliphatic heterocycles. The average molecular weight is 365 g/mol. The van der Waals surface area contributed by atoms with Gasteiger partial charge in [-0.25, -0.2) is 4.79 Å². The number of hydrogen-bond donors (Lipinski definition) is 1. The van der Waals surface area contributed by atoms with Crippen molar-refractivity contribution in [3.05, 3.63) is 17.7 Å². The fourth-order valence-corrected chi connectivity index (χ4v) is 3.49. The number of nitrogens with one attached hydrogen (secondary N) is 1. The Hall–Kier alpha value is -2.11. The smallest absolute Gasteiger partial charge is 0.408 e. The van der Waals surface area contributed by atoms with Crippen LogP contribution in [-0.4, -0.2) is 33.0 Å². The molecular weight excluding hydrogens is 334 g/mol. The fraction of sp³-hybridized carbons (Fsp3) is 0.650. The van der Waals surface area contributed by atoms with Crippen LogP contribution in [0.1, 0.15) is 58.1 Å². The summed E-state index contributed by atoms with van der Waals surface area (Å²) < 4.78 is 22.0. The van der Waals surface area contributed by atoms with Crippen molar-refractivity contribution in [2.24, 2.45) is 5.92 Å². The zero-order chi connectivity index (χ0) is 19.3. The molecule has 146 valence electrons. The van der Waals surface area contributed by atoms with Crippen LogP contribution >= 0.6 is 0 Å². The van der Waals surface area contributed by atoms with Crippen molar-refractivity contribution < 1.29 is 23.7 Å². The number of amides is 1. The third-order valence-corrected chi connectivity index (χ3v) is 4.61. The van der Waals surface area contributed by atoms with Crippen LogP contribution in [0.15, 0.2) is 12.1 Å². The van der Waals surface area contributed by atoms with E-state index in [1.165, 1.54) is 0 Å². The summed E-state index contributed by atoms with van der Waals surface area (Å²) in [5, 5.41) is 3.06. The van der Waals surface area contributed by atoms with Crippen LogP contribution in [0.3, 0.4) is 0 Å². The molecule has 1 unspecified atom stereocenters. The maximum Gasteiger partial charge on any atom is 0.408 e. The van der Waals surface area contributed by atoms with Gasteiger partial charge in [0.25, 0.3) is 0 Å². The number of carbonyl (C=O) groups is 1. The van der Waals surface area contributed by atoms with E-state index in [0.717, 1.165) is 31.2 Å². The maximum absolute atomic E-state index is 12.5. The minimum Gasteiger partial charge on any atom is -0.496 e. The number of rotatable bonds is 6. The summed E-state index contributed by atoms with van der Waals surface area (Å²) in [4.78, 5) is 12.5. The van der Waals surface area contributed by atoms with Gasteiger partial charge in [-0.3, -0.25) is 0 Å². The summed E-state index contributed by atoms with van der Waals surface area (Å²) in [6.45, 7) is 5.56. The number of benzene rings is 1. The first-order valence-corrected chi connectivity index (χ1v) is 9.08.